The highest BCUT2D eigenvalue weighted by Gasteiger charge is 2.26. The van der Waals surface area contributed by atoms with E-state index in [1.807, 2.05) is 25.1 Å². The molecule has 0 bridgehead atoms. The molecule has 30 heavy (non-hydrogen) atoms. The van der Waals surface area contributed by atoms with Crippen LogP contribution in [0.1, 0.15) is 22.5 Å². The van der Waals surface area contributed by atoms with Gasteiger partial charge >= 0.3 is 5.88 Å². The molecule has 0 spiro atoms. The van der Waals surface area contributed by atoms with Crippen molar-refractivity contribution in [2.45, 2.75) is 13.3 Å². The second kappa shape index (κ2) is 8.90. The lowest BCUT2D eigenvalue weighted by molar-refractivity contribution is -0.402. The lowest BCUT2D eigenvalue weighted by Gasteiger charge is -2.27. The number of thiazole rings is 1. The van der Waals surface area contributed by atoms with Crippen LogP contribution in [0, 0.1) is 17.0 Å². The van der Waals surface area contributed by atoms with Crippen molar-refractivity contribution in [2.75, 3.05) is 44.3 Å². The third-order valence-electron chi connectivity index (χ3n) is 5.03. The highest BCUT2D eigenvalue weighted by molar-refractivity contribution is 7.22. The van der Waals surface area contributed by atoms with Crippen LogP contribution in [-0.2, 0) is 4.74 Å². The van der Waals surface area contributed by atoms with Crippen molar-refractivity contribution >= 4 is 38.5 Å². The van der Waals surface area contributed by atoms with Gasteiger partial charge in [0.05, 0.1) is 29.5 Å². The van der Waals surface area contributed by atoms with Crippen molar-refractivity contribution in [1.29, 1.82) is 0 Å². The summed E-state index contributed by atoms with van der Waals surface area (Å²) in [4.78, 5) is 32.0. The number of morpholine rings is 1. The van der Waals surface area contributed by atoms with E-state index in [-0.39, 0.29) is 5.76 Å². The lowest BCUT2D eigenvalue weighted by atomic mass is 10.2. The fourth-order valence-electron chi connectivity index (χ4n) is 3.42. The van der Waals surface area contributed by atoms with Gasteiger partial charge in [-0.25, -0.2) is 4.98 Å². The highest BCUT2D eigenvalue weighted by Crippen LogP contribution is 2.32. The number of aromatic nitrogens is 1. The minimum absolute atomic E-state index is 0.0657. The number of nitrogens with zero attached hydrogens (tertiary/aromatic N) is 4. The number of anilines is 1. The molecule has 0 N–H and O–H groups in total. The summed E-state index contributed by atoms with van der Waals surface area (Å²) in [5.74, 6) is -0.947. The van der Waals surface area contributed by atoms with E-state index in [9.17, 15) is 14.9 Å². The molecule has 1 aliphatic rings. The molecule has 0 saturated carbocycles. The first-order valence-corrected chi connectivity index (χ1v) is 10.6. The molecule has 1 amide bonds. The summed E-state index contributed by atoms with van der Waals surface area (Å²) in [5, 5.41) is 11.5. The van der Waals surface area contributed by atoms with E-state index >= 15 is 0 Å². The Labute approximate surface area is 177 Å². The number of carbonyl (C=O) groups excluding carboxylic acids is 1. The molecule has 4 rings (SSSR count). The van der Waals surface area contributed by atoms with Gasteiger partial charge in [0.1, 0.15) is 4.92 Å². The second-order valence-electron chi connectivity index (χ2n) is 7.08. The van der Waals surface area contributed by atoms with Gasteiger partial charge < -0.3 is 9.15 Å². The average molecular weight is 430 g/mol. The van der Waals surface area contributed by atoms with E-state index < -0.39 is 16.7 Å². The van der Waals surface area contributed by atoms with Gasteiger partial charge in [0.15, 0.2) is 10.9 Å². The summed E-state index contributed by atoms with van der Waals surface area (Å²) in [6.07, 6.45) is 0.740. The fourth-order valence-corrected chi connectivity index (χ4v) is 4.49. The van der Waals surface area contributed by atoms with Crippen LogP contribution in [0.4, 0.5) is 11.0 Å². The first-order chi connectivity index (χ1) is 14.5. The molecule has 1 saturated heterocycles. The number of rotatable bonds is 7. The number of hydrogen-bond donors (Lipinski definition) is 0. The highest BCUT2D eigenvalue weighted by atomic mass is 32.1. The monoisotopic (exact) mass is 430 g/mol. The Balaban J connectivity index is 1.58. The number of amides is 1. The Kier molecular flexibility index (Phi) is 6.07. The number of carbonyl (C=O) groups is 1. The fraction of sp³-hybridized carbons (Fsp3) is 0.400. The van der Waals surface area contributed by atoms with Crippen molar-refractivity contribution in [1.82, 2.24) is 9.88 Å². The molecule has 1 aromatic carbocycles. The molecule has 158 valence electrons. The largest absolute Gasteiger partial charge is 0.433 e. The molecule has 10 heteroatoms. The maximum Gasteiger partial charge on any atom is 0.433 e. The Morgan fingerprint density at radius 1 is 1.30 bits per heavy atom. The summed E-state index contributed by atoms with van der Waals surface area (Å²) in [5.41, 5.74) is 1.89. The molecule has 1 aliphatic heterocycles. The summed E-state index contributed by atoms with van der Waals surface area (Å²) < 4.78 is 11.5. The molecule has 9 nitrogen and oxygen atoms in total. The number of fused-ring (bicyclic) bond motifs is 1. The average Bonchev–Trinajstić information content (AvgIpc) is 3.40. The van der Waals surface area contributed by atoms with Gasteiger partial charge in [0.2, 0.25) is 0 Å². The van der Waals surface area contributed by atoms with Crippen LogP contribution in [0.3, 0.4) is 0 Å². The summed E-state index contributed by atoms with van der Waals surface area (Å²) in [6.45, 7) is 6.42. The Bertz CT molecular complexity index is 1060. The van der Waals surface area contributed by atoms with Gasteiger partial charge in [-0.2, -0.15) is 0 Å². The number of furan rings is 1. The van der Waals surface area contributed by atoms with E-state index in [1.165, 1.54) is 23.5 Å². The van der Waals surface area contributed by atoms with E-state index in [0.29, 0.717) is 11.7 Å². The second-order valence-corrected chi connectivity index (χ2v) is 8.09. The van der Waals surface area contributed by atoms with Gasteiger partial charge in [-0.15, -0.1) is 0 Å². The quantitative estimate of drug-likeness (QED) is 0.418. The SMILES string of the molecule is Cc1cccc2sc(N(CCCN3CCOCC3)C(=O)c3ccc([N+](=O)[O-])o3)nc12. The van der Waals surface area contributed by atoms with Crippen LogP contribution in [0.15, 0.2) is 34.7 Å². The van der Waals surface area contributed by atoms with Crippen molar-refractivity contribution in [3.8, 4) is 0 Å². The number of ether oxygens (including phenoxy) is 1. The number of nitro groups is 1. The standard InChI is InChI=1S/C20H22N4O5S/c1-14-4-2-5-16-18(14)21-20(30-16)23(9-3-8-22-10-12-28-13-11-22)19(25)15-6-7-17(29-15)24(26)27/h2,4-7H,3,8-13H2,1H3. The van der Waals surface area contributed by atoms with Crippen LogP contribution in [0.25, 0.3) is 10.2 Å². The molecule has 0 aliphatic carbocycles. The predicted molar refractivity (Wildman–Crippen MR) is 113 cm³/mol. The Hall–Kier alpha value is -2.82. The third kappa shape index (κ3) is 4.35. The molecule has 3 heterocycles. The molecule has 0 radical (unpaired) electrons. The summed E-state index contributed by atoms with van der Waals surface area (Å²) >= 11 is 1.43. The van der Waals surface area contributed by atoms with Crippen LogP contribution in [0.2, 0.25) is 0 Å². The van der Waals surface area contributed by atoms with Gasteiger partial charge in [-0.1, -0.05) is 23.5 Å². The van der Waals surface area contributed by atoms with Crippen molar-refractivity contribution in [3.05, 3.63) is 51.8 Å². The van der Waals surface area contributed by atoms with Gasteiger partial charge in [-0.3, -0.25) is 24.7 Å². The number of hydrogen-bond acceptors (Lipinski definition) is 8. The lowest BCUT2D eigenvalue weighted by Crippen LogP contribution is -2.39. The van der Waals surface area contributed by atoms with E-state index in [1.54, 1.807) is 4.90 Å². The number of benzene rings is 1. The zero-order chi connectivity index (χ0) is 21.1. The van der Waals surface area contributed by atoms with E-state index in [4.69, 9.17) is 9.15 Å². The van der Waals surface area contributed by atoms with Crippen LogP contribution < -0.4 is 4.90 Å². The first-order valence-electron chi connectivity index (χ1n) is 9.75. The zero-order valence-corrected chi connectivity index (χ0v) is 17.4. The molecule has 2 aromatic heterocycles. The first kappa shape index (κ1) is 20.5. The minimum Gasteiger partial charge on any atom is -0.395 e. The normalized spacial score (nSPS) is 14.8. The molecule has 0 atom stereocenters. The minimum atomic E-state index is -0.652. The molecule has 0 unspecified atom stereocenters. The van der Waals surface area contributed by atoms with E-state index in [2.05, 4.69) is 9.88 Å². The van der Waals surface area contributed by atoms with Gasteiger partial charge in [0.25, 0.3) is 5.91 Å². The maximum absolute atomic E-state index is 13.2. The van der Waals surface area contributed by atoms with Gasteiger partial charge in [0, 0.05) is 26.2 Å². The van der Waals surface area contributed by atoms with Crippen molar-refractivity contribution in [3.63, 3.8) is 0 Å². The smallest absolute Gasteiger partial charge is 0.395 e. The van der Waals surface area contributed by atoms with E-state index in [0.717, 1.165) is 55.0 Å². The Morgan fingerprint density at radius 2 is 2.10 bits per heavy atom. The predicted octanol–water partition coefficient (Wildman–Crippen LogP) is 3.48. The molecular weight excluding hydrogens is 408 g/mol. The van der Waals surface area contributed by atoms with Gasteiger partial charge in [-0.05, 0) is 31.0 Å². The summed E-state index contributed by atoms with van der Waals surface area (Å²) in [6, 6.07) is 8.44. The Morgan fingerprint density at radius 3 is 2.80 bits per heavy atom. The topological polar surface area (TPSA) is 102 Å². The van der Waals surface area contributed by atoms with Crippen LogP contribution >= 0.6 is 11.3 Å². The molecule has 1 fully saturated rings. The van der Waals surface area contributed by atoms with Crippen LogP contribution in [-0.4, -0.2) is 60.1 Å². The number of para-hydroxylation sites is 1. The van der Waals surface area contributed by atoms with Crippen molar-refractivity contribution < 1.29 is 18.9 Å². The molecule has 3 aromatic rings. The summed E-state index contributed by atoms with van der Waals surface area (Å²) in [7, 11) is 0. The number of aryl methyl sites for hydroxylation is 1. The molecular formula is C20H22N4O5S. The van der Waals surface area contributed by atoms with Crippen LogP contribution in [0.5, 0.6) is 0 Å². The zero-order valence-electron chi connectivity index (χ0n) is 16.6. The maximum atomic E-state index is 13.2. The third-order valence-corrected chi connectivity index (χ3v) is 6.07. The van der Waals surface area contributed by atoms with Crippen molar-refractivity contribution in [2.24, 2.45) is 0 Å².